The Balaban J connectivity index is 1.69. The van der Waals surface area contributed by atoms with Gasteiger partial charge in [0.25, 0.3) is 0 Å². The Morgan fingerprint density at radius 2 is 2.36 bits per heavy atom. The van der Waals surface area contributed by atoms with Crippen LogP contribution in [-0.4, -0.2) is 54.6 Å². The molecule has 0 aliphatic carbocycles. The van der Waals surface area contributed by atoms with Crippen LogP contribution in [0.5, 0.6) is 0 Å². The third-order valence-electron chi connectivity index (χ3n) is 4.30. The van der Waals surface area contributed by atoms with Crippen LogP contribution in [0.1, 0.15) is 25.0 Å². The molecule has 1 N–H and O–H groups in total. The molecule has 0 saturated carbocycles. The van der Waals surface area contributed by atoms with Crippen LogP contribution in [0.3, 0.4) is 0 Å². The highest BCUT2D eigenvalue weighted by Crippen LogP contribution is 2.31. The van der Waals surface area contributed by atoms with E-state index in [1.54, 1.807) is 6.07 Å². The summed E-state index contributed by atoms with van der Waals surface area (Å²) in [6, 6.07) is 4.09. The zero-order valence-corrected chi connectivity index (χ0v) is 13.4. The van der Waals surface area contributed by atoms with E-state index in [1.807, 2.05) is 6.92 Å². The molecule has 2 aliphatic heterocycles. The number of morpholine rings is 1. The zero-order valence-electron chi connectivity index (χ0n) is 12.6. The molecule has 4 nitrogen and oxygen atoms in total. The van der Waals surface area contributed by atoms with Gasteiger partial charge in [-0.25, -0.2) is 4.39 Å². The molecule has 0 radical (unpaired) electrons. The van der Waals surface area contributed by atoms with Crippen molar-refractivity contribution in [2.24, 2.45) is 0 Å². The molecule has 0 amide bonds. The molecular formula is C16H21ClFNO3. The normalized spacial score (nSPS) is 30.8. The summed E-state index contributed by atoms with van der Waals surface area (Å²) in [5.41, 5.74) is 0.295. The van der Waals surface area contributed by atoms with E-state index in [9.17, 15) is 9.50 Å². The molecular weight excluding hydrogens is 309 g/mol. The molecule has 3 unspecified atom stereocenters. The van der Waals surface area contributed by atoms with Crippen molar-refractivity contribution < 1.29 is 19.0 Å². The van der Waals surface area contributed by atoms with Crippen molar-refractivity contribution in [2.45, 2.75) is 31.2 Å². The number of nitrogens with zero attached hydrogens (tertiary/aromatic N) is 1. The van der Waals surface area contributed by atoms with Crippen molar-refractivity contribution in [3.8, 4) is 0 Å². The number of aliphatic hydroxyl groups excluding tert-OH is 1. The van der Waals surface area contributed by atoms with Gasteiger partial charge in [0.2, 0.25) is 0 Å². The minimum Gasteiger partial charge on any atom is -0.387 e. The number of ether oxygens (including phenoxy) is 2. The van der Waals surface area contributed by atoms with E-state index in [-0.39, 0.29) is 16.7 Å². The first-order valence-corrected chi connectivity index (χ1v) is 7.96. The maximum atomic E-state index is 13.1. The molecule has 0 bridgehead atoms. The SMILES string of the molecule is CC1CN(CC(O)c2ccc(F)cc2Cl)CC2(CCOC2)O1. The number of rotatable bonds is 3. The Morgan fingerprint density at radius 1 is 1.55 bits per heavy atom. The molecule has 3 rings (SSSR count). The molecule has 3 atom stereocenters. The van der Waals surface area contributed by atoms with E-state index < -0.39 is 11.9 Å². The third-order valence-corrected chi connectivity index (χ3v) is 4.63. The van der Waals surface area contributed by atoms with Crippen LogP contribution in [0.15, 0.2) is 18.2 Å². The van der Waals surface area contributed by atoms with Gasteiger partial charge in [-0.1, -0.05) is 17.7 Å². The molecule has 22 heavy (non-hydrogen) atoms. The molecule has 1 spiro atoms. The molecule has 2 aliphatic rings. The molecule has 122 valence electrons. The topological polar surface area (TPSA) is 41.9 Å². The van der Waals surface area contributed by atoms with Gasteiger partial charge in [-0.15, -0.1) is 0 Å². The van der Waals surface area contributed by atoms with Gasteiger partial charge in [-0.3, -0.25) is 4.90 Å². The largest absolute Gasteiger partial charge is 0.387 e. The molecule has 1 aromatic carbocycles. The summed E-state index contributed by atoms with van der Waals surface area (Å²) >= 11 is 6.03. The summed E-state index contributed by atoms with van der Waals surface area (Å²) in [5, 5.41) is 10.7. The van der Waals surface area contributed by atoms with Gasteiger partial charge in [0.05, 0.1) is 18.8 Å². The Morgan fingerprint density at radius 3 is 3.05 bits per heavy atom. The minimum absolute atomic E-state index is 0.0892. The van der Waals surface area contributed by atoms with Crippen LogP contribution in [0.2, 0.25) is 5.02 Å². The average molecular weight is 330 g/mol. The lowest BCUT2D eigenvalue weighted by molar-refractivity contribution is -0.151. The fraction of sp³-hybridized carbons (Fsp3) is 0.625. The van der Waals surface area contributed by atoms with Crippen molar-refractivity contribution in [3.63, 3.8) is 0 Å². The van der Waals surface area contributed by atoms with Gasteiger partial charge >= 0.3 is 0 Å². The molecule has 6 heteroatoms. The smallest absolute Gasteiger partial charge is 0.124 e. The standard InChI is InChI=1S/C16H21ClFNO3/c1-11-7-19(9-16(22-11)4-5-21-10-16)8-15(20)13-3-2-12(18)6-14(13)17/h2-3,6,11,15,20H,4-5,7-10H2,1H3. The third kappa shape index (κ3) is 3.44. The Labute approximate surface area is 134 Å². The van der Waals surface area contributed by atoms with Crippen molar-refractivity contribution >= 4 is 11.6 Å². The van der Waals surface area contributed by atoms with Crippen LogP contribution in [0, 0.1) is 5.82 Å². The first-order chi connectivity index (χ1) is 10.5. The number of hydrogen-bond acceptors (Lipinski definition) is 4. The van der Waals surface area contributed by atoms with Crippen LogP contribution in [0.4, 0.5) is 4.39 Å². The number of hydrogen-bond donors (Lipinski definition) is 1. The molecule has 1 aromatic rings. The van der Waals surface area contributed by atoms with Gasteiger partial charge in [0.1, 0.15) is 11.4 Å². The first kappa shape index (κ1) is 16.1. The van der Waals surface area contributed by atoms with Gasteiger partial charge < -0.3 is 14.6 Å². The lowest BCUT2D eigenvalue weighted by Crippen LogP contribution is -2.56. The Hall–Kier alpha value is -0.720. The lowest BCUT2D eigenvalue weighted by Gasteiger charge is -2.43. The summed E-state index contributed by atoms with van der Waals surface area (Å²) in [6.07, 6.45) is 0.213. The van der Waals surface area contributed by atoms with E-state index in [0.717, 1.165) is 19.5 Å². The van der Waals surface area contributed by atoms with Gasteiger partial charge in [0.15, 0.2) is 0 Å². The lowest BCUT2D eigenvalue weighted by atomic mass is 9.98. The number of benzene rings is 1. The first-order valence-electron chi connectivity index (χ1n) is 7.58. The van der Waals surface area contributed by atoms with Crippen molar-refractivity contribution in [1.29, 1.82) is 0 Å². The van der Waals surface area contributed by atoms with E-state index >= 15 is 0 Å². The monoisotopic (exact) mass is 329 g/mol. The van der Waals surface area contributed by atoms with E-state index in [1.165, 1.54) is 12.1 Å². The Kier molecular flexibility index (Phi) is 4.71. The summed E-state index contributed by atoms with van der Waals surface area (Å²) in [7, 11) is 0. The number of halogens is 2. The number of aliphatic hydroxyl groups is 1. The van der Waals surface area contributed by atoms with Gasteiger partial charge in [-0.05, 0) is 19.1 Å². The second-order valence-corrected chi connectivity index (χ2v) is 6.70. The summed E-state index contributed by atoms with van der Waals surface area (Å²) in [5.74, 6) is -0.400. The second-order valence-electron chi connectivity index (χ2n) is 6.29. The van der Waals surface area contributed by atoms with Gasteiger partial charge in [-0.2, -0.15) is 0 Å². The molecule has 2 saturated heterocycles. The van der Waals surface area contributed by atoms with Crippen molar-refractivity contribution in [3.05, 3.63) is 34.6 Å². The van der Waals surface area contributed by atoms with Crippen molar-refractivity contribution in [1.82, 2.24) is 4.90 Å². The summed E-state index contributed by atoms with van der Waals surface area (Å²) in [4.78, 5) is 2.17. The predicted octanol–water partition coefficient (Wildman–Crippen LogP) is 2.39. The van der Waals surface area contributed by atoms with E-state index in [2.05, 4.69) is 4.90 Å². The fourth-order valence-corrected chi connectivity index (χ4v) is 3.69. The maximum Gasteiger partial charge on any atom is 0.124 e. The minimum atomic E-state index is -0.752. The summed E-state index contributed by atoms with van der Waals surface area (Å²) < 4.78 is 24.7. The molecule has 2 heterocycles. The average Bonchev–Trinajstić information content (AvgIpc) is 2.85. The van der Waals surface area contributed by atoms with Crippen molar-refractivity contribution in [2.75, 3.05) is 32.8 Å². The number of β-amino-alcohol motifs (C(OH)–C–C–N with tert-alkyl or cyclic N) is 1. The zero-order chi connectivity index (χ0) is 15.7. The predicted molar refractivity (Wildman–Crippen MR) is 81.5 cm³/mol. The highest BCUT2D eigenvalue weighted by atomic mass is 35.5. The highest BCUT2D eigenvalue weighted by molar-refractivity contribution is 6.31. The Bertz CT molecular complexity index is 536. The van der Waals surface area contributed by atoms with E-state index in [0.29, 0.717) is 25.3 Å². The summed E-state index contributed by atoms with van der Waals surface area (Å²) in [6.45, 7) is 5.27. The highest BCUT2D eigenvalue weighted by Gasteiger charge is 2.43. The van der Waals surface area contributed by atoms with Crippen LogP contribution < -0.4 is 0 Å². The van der Waals surface area contributed by atoms with Gasteiger partial charge in [0, 0.05) is 43.2 Å². The second kappa shape index (κ2) is 6.42. The van der Waals surface area contributed by atoms with Crippen LogP contribution >= 0.6 is 11.6 Å². The molecule has 2 fully saturated rings. The maximum absolute atomic E-state index is 13.1. The fourth-order valence-electron chi connectivity index (χ4n) is 3.40. The van der Waals surface area contributed by atoms with Crippen LogP contribution in [0.25, 0.3) is 0 Å². The van der Waals surface area contributed by atoms with Crippen LogP contribution in [-0.2, 0) is 9.47 Å². The van der Waals surface area contributed by atoms with E-state index in [4.69, 9.17) is 21.1 Å². The quantitative estimate of drug-likeness (QED) is 0.924. The molecule has 0 aromatic heterocycles.